The number of aliphatic imine (C=N–C) groups is 1. The number of rotatable bonds is 7. The summed E-state index contributed by atoms with van der Waals surface area (Å²) in [6.07, 6.45) is 0.249. The standard InChI is InChI=1S/C19H21N5O4/c1-21-18(20)12-4-2-11(3-5-12)15-6-7-16(24-23-15)28-10-14-8-13(9-17(25)26)19(27)22-14/h2-7,13-14H,8-10H2,1H3,(H2,20,21)(H,22,27)(H,25,26)/t13-,14-/m0/s1. The van der Waals surface area contributed by atoms with Crippen LogP contribution in [0.5, 0.6) is 5.88 Å². The van der Waals surface area contributed by atoms with Gasteiger partial charge in [0.2, 0.25) is 11.8 Å². The Bertz CT molecular complexity index is 880. The van der Waals surface area contributed by atoms with E-state index in [1.165, 1.54) is 0 Å². The number of benzene rings is 1. The Kier molecular flexibility index (Phi) is 5.83. The Hall–Kier alpha value is -3.49. The minimum Gasteiger partial charge on any atom is -0.481 e. The first-order valence-corrected chi connectivity index (χ1v) is 8.78. The topological polar surface area (TPSA) is 140 Å². The lowest BCUT2D eigenvalue weighted by Crippen LogP contribution is -2.31. The molecule has 28 heavy (non-hydrogen) atoms. The van der Waals surface area contributed by atoms with Gasteiger partial charge >= 0.3 is 5.97 Å². The third-order valence-corrected chi connectivity index (χ3v) is 4.50. The van der Waals surface area contributed by atoms with Gasteiger partial charge in [-0.05, 0) is 12.5 Å². The van der Waals surface area contributed by atoms with E-state index in [0.717, 1.165) is 11.1 Å². The van der Waals surface area contributed by atoms with Crippen LogP contribution in [0, 0.1) is 5.92 Å². The summed E-state index contributed by atoms with van der Waals surface area (Å²) in [6, 6.07) is 10.7. The van der Waals surface area contributed by atoms with Gasteiger partial charge in [0, 0.05) is 24.2 Å². The van der Waals surface area contributed by atoms with Crippen molar-refractivity contribution in [2.24, 2.45) is 16.6 Å². The normalized spacial score (nSPS) is 19.3. The molecule has 1 aliphatic heterocycles. The molecule has 1 amide bonds. The molecule has 0 aliphatic carbocycles. The van der Waals surface area contributed by atoms with Crippen molar-refractivity contribution in [1.29, 1.82) is 0 Å². The number of amidine groups is 1. The van der Waals surface area contributed by atoms with Crippen LogP contribution in [0.1, 0.15) is 18.4 Å². The van der Waals surface area contributed by atoms with E-state index in [9.17, 15) is 9.59 Å². The third kappa shape index (κ3) is 4.61. The van der Waals surface area contributed by atoms with Crippen LogP contribution in [0.25, 0.3) is 11.3 Å². The number of amides is 1. The van der Waals surface area contributed by atoms with Crippen LogP contribution >= 0.6 is 0 Å². The Morgan fingerprint density at radius 3 is 2.64 bits per heavy atom. The summed E-state index contributed by atoms with van der Waals surface area (Å²) >= 11 is 0. The molecule has 146 valence electrons. The molecule has 0 radical (unpaired) electrons. The van der Waals surface area contributed by atoms with Crippen LogP contribution in [0.4, 0.5) is 0 Å². The van der Waals surface area contributed by atoms with Crippen LogP contribution in [-0.4, -0.2) is 52.7 Å². The van der Waals surface area contributed by atoms with Gasteiger partial charge in [0.15, 0.2) is 0 Å². The molecule has 1 fully saturated rings. The van der Waals surface area contributed by atoms with Crippen molar-refractivity contribution in [1.82, 2.24) is 15.5 Å². The molecule has 1 aromatic carbocycles. The Morgan fingerprint density at radius 2 is 2.04 bits per heavy atom. The minimum atomic E-state index is -0.985. The summed E-state index contributed by atoms with van der Waals surface area (Å²) < 4.78 is 5.58. The Labute approximate surface area is 161 Å². The maximum absolute atomic E-state index is 11.7. The number of nitrogens with two attached hydrogens (primary N) is 1. The number of carbonyl (C=O) groups is 2. The summed E-state index contributed by atoms with van der Waals surface area (Å²) in [7, 11) is 1.64. The van der Waals surface area contributed by atoms with Crippen LogP contribution in [0.3, 0.4) is 0 Å². The van der Waals surface area contributed by atoms with E-state index in [4.69, 9.17) is 15.6 Å². The second-order valence-corrected chi connectivity index (χ2v) is 6.49. The van der Waals surface area contributed by atoms with Crippen molar-refractivity contribution >= 4 is 17.7 Å². The number of hydrogen-bond donors (Lipinski definition) is 3. The number of carboxylic acid groups (broad SMARTS) is 1. The zero-order chi connectivity index (χ0) is 20.1. The first-order valence-electron chi connectivity index (χ1n) is 8.78. The summed E-state index contributed by atoms with van der Waals surface area (Å²) in [5, 5.41) is 19.8. The molecule has 0 bridgehead atoms. The highest BCUT2D eigenvalue weighted by Crippen LogP contribution is 2.21. The van der Waals surface area contributed by atoms with E-state index in [-0.39, 0.29) is 25.0 Å². The molecule has 1 aromatic heterocycles. The van der Waals surface area contributed by atoms with Crippen molar-refractivity contribution in [3.05, 3.63) is 42.0 Å². The summed E-state index contributed by atoms with van der Waals surface area (Å²) in [5.41, 5.74) is 8.17. The van der Waals surface area contributed by atoms with E-state index in [2.05, 4.69) is 20.5 Å². The molecule has 2 aromatic rings. The molecular formula is C19H21N5O4. The van der Waals surface area contributed by atoms with E-state index < -0.39 is 11.9 Å². The SMILES string of the molecule is CN=C(N)c1ccc(-c2ccc(OC[C@@H]3C[C@@H](CC(=O)O)C(=O)N3)nn2)cc1. The number of nitrogens with zero attached hydrogens (tertiary/aromatic N) is 3. The maximum atomic E-state index is 11.7. The molecule has 3 rings (SSSR count). The van der Waals surface area contributed by atoms with E-state index in [0.29, 0.717) is 23.8 Å². The van der Waals surface area contributed by atoms with Gasteiger partial charge in [-0.1, -0.05) is 24.3 Å². The molecule has 2 atom stereocenters. The zero-order valence-electron chi connectivity index (χ0n) is 15.3. The lowest BCUT2D eigenvalue weighted by molar-refractivity contribution is -0.140. The number of aromatic nitrogens is 2. The van der Waals surface area contributed by atoms with Crippen molar-refractivity contribution in [2.45, 2.75) is 18.9 Å². The first kappa shape index (κ1) is 19.3. The van der Waals surface area contributed by atoms with Gasteiger partial charge in [-0.25, -0.2) is 0 Å². The number of carbonyl (C=O) groups excluding carboxylic acids is 1. The second-order valence-electron chi connectivity index (χ2n) is 6.49. The zero-order valence-corrected chi connectivity index (χ0v) is 15.3. The quantitative estimate of drug-likeness (QED) is 0.475. The summed E-state index contributed by atoms with van der Waals surface area (Å²) in [4.78, 5) is 26.5. The minimum absolute atomic E-state index is 0.175. The van der Waals surface area contributed by atoms with E-state index >= 15 is 0 Å². The number of nitrogens with one attached hydrogen (secondary N) is 1. The van der Waals surface area contributed by atoms with Crippen LogP contribution in [0.15, 0.2) is 41.4 Å². The first-order chi connectivity index (χ1) is 13.5. The molecule has 2 heterocycles. The Morgan fingerprint density at radius 1 is 1.29 bits per heavy atom. The lowest BCUT2D eigenvalue weighted by Gasteiger charge is -2.11. The number of ether oxygens (including phenoxy) is 1. The molecule has 9 nitrogen and oxygen atoms in total. The third-order valence-electron chi connectivity index (χ3n) is 4.50. The molecule has 0 saturated carbocycles. The molecule has 4 N–H and O–H groups in total. The van der Waals surface area contributed by atoms with E-state index in [1.807, 2.05) is 24.3 Å². The van der Waals surface area contributed by atoms with Gasteiger partial charge in [0.05, 0.1) is 24.1 Å². The fourth-order valence-corrected chi connectivity index (χ4v) is 3.00. The molecule has 1 saturated heterocycles. The average molecular weight is 383 g/mol. The maximum Gasteiger partial charge on any atom is 0.304 e. The van der Waals surface area contributed by atoms with Crippen LogP contribution < -0.4 is 15.8 Å². The van der Waals surface area contributed by atoms with Gasteiger partial charge in [-0.15, -0.1) is 10.2 Å². The van der Waals surface area contributed by atoms with Crippen LogP contribution in [-0.2, 0) is 9.59 Å². The van der Waals surface area contributed by atoms with Crippen molar-refractivity contribution in [3.63, 3.8) is 0 Å². The van der Waals surface area contributed by atoms with Gasteiger partial charge < -0.3 is 20.9 Å². The largest absolute Gasteiger partial charge is 0.481 e. The van der Waals surface area contributed by atoms with Gasteiger partial charge in [0.25, 0.3) is 0 Å². The molecular weight excluding hydrogens is 362 g/mol. The monoisotopic (exact) mass is 383 g/mol. The van der Waals surface area contributed by atoms with Gasteiger partial charge in [0.1, 0.15) is 12.4 Å². The number of hydrogen-bond acceptors (Lipinski definition) is 6. The predicted molar refractivity (Wildman–Crippen MR) is 102 cm³/mol. The lowest BCUT2D eigenvalue weighted by atomic mass is 10.0. The number of aliphatic carboxylic acids is 1. The van der Waals surface area contributed by atoms with E-state index in [1.54, 1.807) is 19.2 Å². The highest BCUT2D eigenvalue weighted by molar-refractivity contribution is 5.97. The van der Waals surface area contributed by atoms with Crippen molar-refractivity contribution in [3.8, 4) is 17.1 Å². The van der Waals surface area contributed by atoms with Gasteiger partial charge in [-0.2, -0.15) is 0 Å². The fraction of sp³-hybridized carbons (Fsp3) is 0.316. The number of carboxylic acids is 1. The molecule has 0 unspecified atom stereocenters. The smallest absolute Gasteiger partial charge is 0.304 e. The summed E-state index contributed by atoms with van der Waals surface area (Å²) in [5.74, 6) is -0.963. The molecule has 9 heteroatoms. The average Bonchev–Trinajstić information content (AvgIpc) is 3.05. The predicted octanol–water partition coefficient (Wildman–Crippen LogP) is 0.837. The van der Waals surface area contributed by atoms with Crippen molar-refractivity contribution < 1.29 is 19.4 Å². The highest BCUT2D eigenvalue weighted by Gasteiger charge is 2.33. The Balaban J connectivity index is 1.56. The highest BCUT2D eigenvalue weighted by atomic mass is 16.5. The van der Waals surface area contributed by atoms with Crippen molar-refractivity contribution in [2.75, 3.05) is 13.7 Å². The van der Waals surface area contributed by atoms with Gasteiger partial charge in [-0.3, -0.25) is 14.6 Å². The second kappa shape index (κ2) is 8.47. The summed E-state index contributed by atoms with van der Waals surface area (Å²) in [6.45, 7) is 0.209. The molecule has 0 spiro atoms. The fourth-order valence-electron chi connectivity index (χ4n) is 3.00. The molecule has 1 aliphatic rings. The van der Waals surface area contributed by atoms with Crippen LogP contribution in [0.2, 0.25) is 0 Å².